The van der Waals surface area contributed by atoms with E-state index in [0.29, 0.717) is 16.8 Å². The number of alkyl halides is 3. The van der Waals surface area contributed by atoms with Gasteiger partial charge < -0.3 is 0 Å². The van der Waals surface area contributed by atoms with Crippen LogP contribution in [-0.2, 0) is 6.18 Å². The summed E-state index contributed by atoms with van der Waals surface area (Å²) >= 11 is 0. The maximum atomic E-state index is 13.6. The number of halogens is 4. The van der Waals surface area contributed by atoms with Crippen molar-refractivity contribution in [3.05, 3.63) is 65.9 Å². The average Bonchev–Trinajstić information content (AvgIpc) is 3.22. The summed E-state index contributed by atoms with van der Waals surface area (Å²) in [5.41, 5.74) is 0.979. The number of hydrogen-bond donors (Lipinski definition) is 1. The lowest BCUT2D eigenvalue weighted by Gasteiger charge is -2.09. The van der Waals surface area contributed by atoms with Crippen molar-refractivity contribution in [2.45, 2.75) is 13.1 Å². The lowest BCUT2D eigenvalue weighted by molar-refractivity contribution is -0.140. The van der Waals surface area contributed by atoms with E-state index in [4.69, 9.17) is 0 Å². The van der Waals surface area contributed by atoms with Crippen LogP contribution in [0.2, 0.25) is 0 Å². The van der Waals surface area contributed by atoms with Crippen molar-refractivity contribution in [3.8, 4) is 17.1 Å². The van der Waals surface area contributed by atoms with Gasteiger partial charge in [-0.3, -0.25) is 9.67 Å². The van der Waals surface area contributed by atoms with Crippen molar-refractivity contribution in [1.29, 1.82) is 0 Å². The Kier molecular flexibility index (Phi) is 3.57. The van der Waals surface area contributed by atoms with Crippen LogP contribution < -0.4 is 0 Å². The minimum absolute atomic E-state index is 0.0864. The molecule has 26 heavy (non-hydrogen) atoms. The second-order valence-corrected chi connectivity index (χ2v) is 5.92. The summed E-state index contributed by atoms with van der Waals surface area (Å²) in [6, 6.07) is 9.21. The Bertz CT molecular complexity index is 1110. The first-order chi connectivity index (χ1) is 12.3. The minimum atomic E-state index is -4.59. The van der Waals surface area contributed by atoms with Gasteiger partial charge >= 0.3 is 6.18 Å². The molecule has 8 heteroatoms. The van der Waals surface area contributed by atoms with Crippen LogP contribution in [0.3, 0.4) is 0 Å². The van der Waals surface area contributed by atoms with Crippen LogP contribution in [0.25, 0.3) is 28.0 Å². The monoisotopic (exact) mass is 360 g/mol. The molecule has 4 rings (SSSR count). The zero-order valence-corrected chi connectivity index (χ0v) is 13.5. The van der Waals surface area contributed by atoms with E-state index in [0.717, 1.165) is 17.1 Å². The highest BCUT2D eigenvalue weighted by molar-refractivity contribution is 5.80. The fourth-order valence-corrected chi connectivity index (χ4v) is 2.78. The van der Waals surface area contributed by atoms with Gasteiger partial charge in [-0.2, -0.15) is 18.3 Å². The van der Waals surface area contributed by atoms with Crippen molar-refractivity contribution in [2.75, 3.05) is 0 Å². The van der Waals surface area contributed by atoms with E-state index in [1.54, 1.807) is 31.3 Å². The Morgan fingerprint density at radius 3 is 2.62 bits per heavy atom. The molecule has 0 radical (unpaired) electrons. The molecular weight excluding hydrogens is 348 g/mol. The Morgan fingerprint density at radius 2 is 1.88 bits per heavy atom. The van der Waals surface area contributed by atoms with Gasteiger partial charge in [-0.05, 0) is 48.9 Å². The summed E-state index contributed by atoms with van der Waals surface area (Å²) in [5.74, 6) is -0.342. The van der Waals surface area contributed by atoms with Crippen LogP contribution in [0.4, 0.5) is 17.6 Å². The maximum absolute atomic E-state index is 13.6. The third-order valence-electron chi connectivity index (χ3n) is 4.11. The molecule has 0 aliphatic heterocycles. The van der Waals surface area contributed by atoms with Gasteiger partial charge in [0, 0.05) is 22.8 Å². The van der Waals surface area contributed by atoms with E-state index in [9.17, 15) is 17.6 Å². The molecule has 0 amide bonds. The number of aromatic nitrogens is 4. The predicted molar refractivity (Wildman–Crippen MR) is 88.3 cm³/mol. The highest BCUT2D eigenvalue weighted by atomic mass is 19.4. The van der Waals surface area contributed by atoms with Crippen molar-refractivity contribution >= 4 is 10.9 Å². The molecule has 0 atom stereocenters. The number of hydrogen-bond acceptors (Lipinski definition) is 2. The third-order valence-corrected chi connectivity index (χ3v) is 4.11. The van der Waals surface area contributed by atoms with Crippen LogP contribution in [0.1, 0.15) is 11.3 Å². The SMILES string of the molecule is Cc1cc(-c2nc(C(F)(F)F)cn2-c2ccc3[nH]ncc3c2)ccc1F. The molecule has 0 spiro atoms. The van der Waals surface area contributed by atoms with E-state index >= 15 is 0 Å². The van der Waals surface area contributed by atoms with E-state index in [-0.39, 0.29) is 5.82 Å². The number of aryl methyl sites for hydroxylation is 1. The highest BCUT2D eigenvalue weighted by Crippen LogP contribution is 2.33. The smallest absolute Gasteiger partial charge is 0.299 e. The fraction of sp³-hybridized carbons (Fsp3) is 0.111. The van der Waals surface area contributed by atoms with Gasteiger partial charge in [-0.25, -0.2) is 9.37 Å². The number of rotatable bonds is 2. The summed E-state index contributed by atoms with van der Waals surface area (Å²) in [6.07, 6.45) is -2.06. The van der Waals surface area contributed by atoms with Gasteiger partial charge in [0.15, 0.2) is 5.69 Å². The lowest BCUT2D eigenvalue weighted by Crippen LogP contribution is -2.05. The third kappa shape index (κ3) is 2.73. The minimum Gasteiger partial charge on any atom is -0.299 e. The summed E-state index contributed by atoms with van der Waals surface area (Å²) in [5, 5.41) is 7.46. The van der Waals surface area contributed by atoms with Gasteiger partial charge in [-0.1, -0.05) is 0 Å². The van der Waals surface area contributed by atoms with E-state index in [2.05, 4.69) is 15.2 Å². The Hall–Kier alpha value is -3.16. The highest BCUT2D eigenvalue weighted by Gasteiger charge is 2.35. The summed E-state index contributed by atoms with van der Waals surface area (Å²) in [4.78, 5) is 3.76. The van der Waals surface area contributed by atoms with Crippen molar-refractivity contribution in [2.24, 2.45) is 0 Å². The topological polar surface area (TPSA) is 46.5 Å². The molecule has 2 heterocycles. The van der Waals surface area contributed by atoms with E-state index in [1.807, 2.05) is 0 Å². The summed E-state index contributed by atoms with van der Waals surface area (Å²) in [7, 11) is 0. The molecule has 0 saturated carbocycles. The number of nitrogens with one attached hydrogen (secondary N) is 1. The van der Waals surface area contributed by atoms with Crippen molar-refractivity contribution < 1.29 is 17.6 Å². The maximum Gasteiger partial charge on any atom is 0.434 e. The van der Waals surface area contributed by atoms with Gasteiger partial charge in [0.1, 0.15) is 11.6 Å². The van der Waals surface area contributed by atoms with Gasteiger partial charge in [0.05, 0.1) is 11.7 Å². The molecule has 4 aromatic rings. The summed E-state index contributed by atoms with van der Waals surface area (Å²) in [6.45, 7) is 1.55. The zero-order valence-electron chi connectivity index (χ0n) is 13.5. The number of fused-ring (bicyclic) bond motifs is 1. The molecule has 0 fully saturated rings. The van der Waals surface area contributed by atoms with Crippen LogP contribution in [0, 0.1) is 12.7 Å². The molecule has 0 aliphatic rings. The number of H-pyrrole nitrogens is 1. The molecule has 0 saturated heterocycles. The molecule has 0 aliphatic carbocycles. The van der Waals surface area contributed by atoms with Crippen LogP contribution >= 0.6 is 0 Å². The van der Waals surface area contributed by atoms with E-state index < -0.39 is 17.7 Å². The molecule has 2 aromatic carbocycles. The fourth-order valence-electron chi connectivity index (χ4n) is 2.78. The molecule has 0 unspecified atom stereocenters. The van der Waals surface area contributed by atoms with Crippen LogP contribution in [0.5, 0.6) is 0 Å². The Balaban J connectivity index is 1.94. The van der Waals surface area contributed by atoms with Crippen LogP contribution in [0.15, 0.2) is 48.8 Å². The average molecular weight is 360 g/mol. The second kappa shape index (κ2) is 5.69. The normalized spacial score (nSPS) is 12.0. The molecule has 0 bridgehead atoms. The number of benzene rings is 2. The van der Waals surface area contributed by atoms with Crippen molar-refractivity contribution in [1.82, 2.24) is 19.7 Å². The summed E-state index contributed by atoms with van der Waals surface area (Å²) < 4.78 is 54.5. The number of imidazole rings is 1. The van der Waals surface area contributed by atoms with Gasteiger partial charge in [0.25, 0.3) is 0 Å². The van der Waals surface area contributed by atoms with Gasteiger partial charge in [-0.15, -0.1) is 0 Å². The Labute approximate surface area is 145 Å². The first-order valence-electron chi connectivity index (χ1n) is 7.69. The molecule has 1 N–H and O–H groups in total. The number of nitrogens with zero attached hydrogens (tertiary/aromatic N) is 3. The first-order valence-corrected chi connectivity index (χ1v) is 7.69. The quantitative estimate of drug-likeness (QED) is 0.518. The molecule has 132 valence electrons. The lowest BCUT2D eigenvalue weighted by atomic mass is 10.1. The van der Waals surface area contributed by atoms with Crippen LogP contribution in [-0.4, -0.2) is 19.7 Å². The van der Waals surface area contributed by atoms with E-state index in [1.165, 1.54) is 22.8 Å². The largest absolute Gasteiger partial charge is 0.434 e. The van der Waals surface area contributed by atoms with Crippen molar-refractivity contribution in [3.63, 3.8) is 0 Å². The standard InChI is InChI=1S/C18H12F4N4/c1-10-6-11(2-4-14(10)19)17-24-16(18(20,21)22)9-26(17)13-3-5-15-12(7-13)8-23-25-15/h2-9H,1H3,(H,23,25). The first kappa shape index (κ1) is 16.3. The number of aromatic amines is 1. The molecule has 2 aromatic heterocycles. The molecular formula is C18H12F4N4. The van der Waals surface area contributed by atoms with Gasteiger partial charge in [0.2, 0.25) is 0 Å². The predicted octanol–water partition coefficient (Wildman–Crippen LogP) is 4.88. The zero-order chi connectivity index (χ0) is 18.5. The Morgan fingerprint density at radius 1 is 1.08 bits per heavy atom. The second-order valence-electron chi connectivity index (χ2n) is 5.92. The molecule has 4 nitrogen and oxygen atoms in total.